The van der Waals surface area contributed by atoms with Crippen molar-refractivity contribution >= 4 is 5.96 Å². The van der Waals surface area contributed by atoms with E-state index in [4.69, 9.17) is 9.15 Å². The number of nitrogens with zero attached hydrogens (tertiary/aromatic N) is 4. The number of rotatable bonds is 5. The second kappa shape index (κ2) is 9.08. The van der Waals surface area contributed by atoms with E-state index in [9.17, 15) is 0 Å². The number of aliphatic imine (C=N–C) groups is 1. The molecule has 2 atom stereocenters. The normalized spacial score (nSPS) is 26.6. The largest absolute Gasteiger partial charge is 0.468 e. The molecule has 1 N–H and O–H groups in total. The molecule has 27 heavy (non-hydrogen) atoms. The molecular formula is C20H33N5O2. The second-order valence-corrected chi connectivity index (χ2v) is 7.74. The first kappa shape index (κ1) is 18.8. The predicted molar refractivity (Wildman–Crippen MR) is 106 cm³/mol. The molecule has 0 aromatic carbocycles. The first-order valence-corrected chi connectivity index (χ1v) is 10.4. The summed E-state index contributed by atoms with van der Waals surface area (Å²) < 4.78 is 11.2. The summed E-state index contributed by atoms with van der Waals surface area (Å²) in [6, 6.07) is 4.97. The van der Waals surface area contributed by atoms with Crippen molar-refractivity contribution < 1.29 is 9.15 Å². The number of likely N-dealkylation sites (tertiary alicyclic amines) is 2. The van der Waals surface area contributed by atoms with Gasteiger partial charge in [-0.1, -0.05) is 0 Å². The highest BCUT2D eigenvalue weighted by Crippen LogP contribution is 2.25. The SMILES string of the molecule is CN=C(NCC(c1ccco1)N1CCCC1)N1CCC(N2CCOCC2)C1. The van der Waals surface area contributed by atoms with Crippen LogP contribution in [-0.4, -0.2) is 92.8 Å². The number of ether oxygens (including phenoxy) is 1. The lowest BCUT2D eigenvalue weighted by Crippen LogP contribution is -2.47. The third kappa shape index (κ3) is 4.47. The average Bonchev–Trinajstić information content (AvgIpc) is 3.49. The Morgan fingerprint density at radius 1 is 1.22 bits per heavy atom. The minimum absolute atomic E-state index is 0.275. The van der Waals surface area contributed by atoms with E-state index < -0.39 is 0 Å². The monoisotopic (exact) mass is 375 g/mol. The van der Waals surface area contributed by atoms with Crippen LogP contribution in [-0.2, 0) is 4.74 Å². The van der Waals surface area contributed by atoms with E-state index in [-0.39, 0.29) is 6.04 Å². The van der Waals surface area contributed by atoms with Gasteiger partial charge in [0.2, 0.25) is 0 Å². The van der Waals surface area contributed by atoms with E-state index in [1.165, 1.54) is 19.3 Å². The molecule has 2 unspecified atom stereocenters. The molecule has 4 rings (SSSR count). The van der Waals surface area contributed by atoms with Crippen LogP contribution in [0.15, 0.2) is 27.8 Å². The van der Waals surface area contributed by atoms with Gasteiger partial charge < -0.3 is 19.4 Å². The van der Waals surface area contributed by atoms with E-state index >= 15 is 0 Å². The van der Waals surface area contributed by atoms with Crippen LogP contribution in [0.25, 0.3) is 0 Å². The van der Waals surface area contributed by atoms with Gasteiger partial charge in [-0.3, -0.25) is 14.8 Å². The highest BCUT2D eigenvalue weighted by Gasteiger charge is 2.31. The fraction of sp³-hybridized carbons (Fsp3) is 0.750. The number of morpholine rings is 1. The van der Waals surface area contributed by atoms with Gasteiger partial charge in [0.1, 0.15) is 5.76 Å². The number of nitrogens with one attached hydrogen (secondary N) is 1. The third-order valence-corrected chi connectivity index (χ3v) is 6.14. The molecular weight excluding hydrogens is 342 g/mol. The van der Waals surface area contributed by atoms with Gasteiger partial charge in [-0.25, -0.2) is 0 Å². The quantitative estimate of drug-likeness (QED) is 0.620. The van der Waals surface area contributed by atoms with E-state index in [1.807, 2.05) is 13.1 Å². The lowest BCUT2D eigenvalue weighted by Gasteiger charge is -2.32. The van der Waals surface area contributed by atoms with Gasteiger partial charge in [0.25, 0.3) is 0 Å². The van der Waals surface area contributed by atoms with Crippen molar-refractivity contribution in [2.24, 2.45) is 4.99 Å². The highest BCUT2D eigenvalue weighted by atomic mass is 16.5. The van der Waals surface area contributed by atoms with Crippen molar-refractivity contribution in [3.8, 4) is 0 Å². The first-order chi connectivity index (χ1) is 13.3. The number of hydrogen-bond donors (Lipinski definition) is 1. The van der Waals surface area contributed by atoms with Crippen LogP contribution in [0.4, 0.5) is 0 Å². The van der Waals surface area contributed by atoms with Gasteiger partial charge in [-0.15, -0.1) is 0 Å². The maximum Gasteiger partial charge on any atom is 0.193 e. The summed E-state index contributed by atoms with van der Waals surface area (Å²) in [7, 11) is 1.89. The Morgan fingerprint density at radius 2 is 2.04 bits per heavy atom. The topological polar surface area (TPSA) is 56.5 Å². The summed E-state index contributed by atoms with van der Waals surface area (Å²) in [6.45, 7) is 9.09. The lowest BCUT2D eigenvalue weighted by molar-refractivity contribution is 0.0194. The maximum absolute atomic E-state index is 5.74. The molecule has 0 amide bonds. The fourth-order valence-corrected chi connectivity index (χ4v) is 4.64. The summed E-state index contributed by atoms with van der Waals surface area (Å²) in [5.41, 5.74) is 0. The van der Waals surface area contributed by atoms with E-state index in [0.717, 1.165) is 70.7 Å². The summed E-state index contributed by atoms with van der Waals surface area (Å²) in [4.78, 5) is 12.1. The Kier molecular flexibility index (Phi) is 6.32. The van der Waals surface area contributed by atoms with Crippen LogP contribution in [0.5, 0.6) is 0 Å². The molecule has 150 valence electrons. The Balaban J connectivity index is 1.34. The number of guanidine groups is 1. The fourth-order valence-electron chi connectivity index (χ4n) is 4.64. The van der Waals surface area contributed by atoms with Crippen LogP contribution in [0.2, 0.25) is 0 Å². The standard InChI is InChI=1S/C20H33N5O2/c1-21-20(25-9-6-17(16-25)23-10-13-26-14-11-23)22-15-18(19-5-4-12-27-19)24-7-2-3-8-24/h4-5,12,17-18H,2-3,6-11,13-16H2,1H3,(H,21,22). The van der Waals surface area contributed by atoms with Gasteiger partial charge in [0, 0.05) is 45.8 Å². The average molecular weight is 376 g/mol. The van der Waals surface area contributed by atoms with Crippen molar-refractivity contribution in [2.45, 2.75) is 31.3 Å². The molecule has 7 nitrogen and oxygen atoms in total. The van der Waals surface area contributed by atoms with Gasteiger partial charge in [-0.2, -0.15) is 0 Å². The molecule has 1 aromatic heterocycles. The number of furan rings is 1. The van der Waals surface area contributed by atoms with Crippen LogP contribution in [0.1, 0.15) is 31.1 Å². The zero-order valence-corrected chi connectivity index (χ0v) is 16.5. The van der Waals surface area contributed by atoms with Gasteiger partial charge in [0.15, 0.2) is 5.96 Å². The Bertz CT molecular complexity index is 594. The van der Waals surface area contributed by atoms with Gasteiger partial charge in [0.05, 0.1) is 25.5 Å². The minimum Gasteiger partial charge on any atom is -0.468 e. The maximum atomic E-state index is 5.74. The van der Waals surface area contributed by atoms with Crippen molar-refractivity contribution in [3.63, 3.8) is 0 Å². The summed E-state index contributed by atoms with van der Waals surface area (Å²) in [5, 5.41) is 3.63. The molecule has 3 aliphatic rings. The van der Waals surface area contributed by atoms with Crippen LogP contribution in [0, 0.1) is 0 Å². The van der Waals surface area contributed by atoms with Crippen LogP contribution < -0.4 is 5.32 Å². The van der Waals surface area contributed by atoms with Crippen molar-refractivity contribution in [3.05, 3.63) is 24.2 Å². The van der Waals surface area contributed by atoms with Crippen molar-refractivity contribution in [2.75, 3.05) is 66.1 Å². The summed E-state index contributed by atoms with van der Waals surface area (Å²) >= 11 is 0. The summed E-state index contributed by atoms with van der Waals surface area (Å²) in [5.74, 6) is 2.06. The van der Waals surface area contributed by atoms with E-state index in [0.29, 0.717) is 6.04 Å². The van der Waals surface area contributed by atoms with E-state index in [2.05, 4.69) is 31.1 Å². The molecule has 3 fully saturated rings. The molecule has 7 heteroatoms. The molecule has 3 saturated heterocycles. The Labute approximate surface area is 162 Å². The van der Waals surface area contributed by atoms with Gasteiger partial charge in [-0.05, 0) is 44.5 Å². The first-order valence-electron chi connectivity index (χ1n) is 10.4. The predicted octanol–water partition coefficient (Wildman–Crippen LogP) is 1.40. The molecule has 0 radical (unpaired) electrons. The smallest absolute Gasteiger partial charge is 0.193 e. The molecule has 0 saturated carbocycles. The number of hydrogen-bond acceptors (Lipinski definition) is 5. The highest BCUT2D eigenvalue weighted by molar-refractivity contribution is 5.80. The molecule has 0 aliphatic carbocycles. The van der Waals surface area contributed by atoms with E-state index in [1.54, 1.807) is 6.26 Å². The van der Waals surface area contributed by atoms with Crippen molar-refractivity contribution in [1.29, 1.82) is 0 Å². The van der Waals surface area contributed by atoms with Crippen molar-refractivity contribution in [1.82, 2.24) is 20.0 Å². The molecule has 1 aromatic rings. The summed E-state index contributed by atoms with van der Waals surface area (Å²) in [6.07, 6.45) is 5.54. The zero-order valence-electron chi connectivity index (χ0n) is 16.5. The molecule has 0 bridgehead atoms. The lowest BCUT2D eigenvalue weighted by atomic mass is 10.2. The Morgan fingerprint density at radius 3 is 2.74 bits per heavy atom. The zero-order chi connectivity index (χ0) is 18.5. The molecule has 4 heterocycles. The second-order valence-electron chi connectivity index (χ2n) is 7.74. The van der Waals surface area contributed by atoms with Gasteiger partial charge >= 0.3 is 0 Å². The molecule has 3 aliphatic heterocycles. The Hall–Kier alpha value is -1.57. The minimum atomic E-state index is 0.275. The third-order valence-electron chi connectivity index (χ3n) is 6.14. The van der Waals surface area contributed by atoms with Crippen LogP contribution in [0.3, 0.4) is 0 Å². The van der Waals surface area contributed by atoms with Crippen LogP contribution >= 0.6 is 0 Å². The molecule has 0 spiro atoms.